The van der Waals surface area contributed by atoms with Gasteiger partial charge in [-0.2, -0.15) is 5.26 Å². The fourth-order valence-electron chi connectivity index (χ4n) is 4.12. The lowest BCUT2D eigenvalue weighted by molar-refractivity contribution is -0.171. The number of ether oxygens (including phenoxy) is 3. The lowest BCUT2D eigenvalue weighted by Gasteiger charge is -2.34. The predicted octanol–water partition coefficient (Wildman–Crippen LogP) is 0.701. The minimum absolute atomic E-state index is 0.180. The Bertz CT molecular complexity index is 917. The second-order valence-electron chi connectivity index (χ2n) is 6.52. The smallest absolute Gasteiger partial charge is 0.339 e. The molecule has 0 aliphatic carbocycles. The van der Waals surface area contributed by atoms with Gasteiger partial charge in [-0.1, -0.05) is 12.1 Å². The molecule has 2 aliphatic heterocycles. The van der Waals surface area contributed by atoms with Gasteiger partial charge in [0.1, 0.15) is 6.04 Å². The minimum atomic E-state index is -1.87. The van der Waals surface area contributed by atoms with E-state index in [1.807, 2.05) is 0 Å². The maximum absolute atomic E-state index is 13.1. The molecule has 9 nitrogen and oxygen atoms in total. The van der Waals surface area contributed by atoms with E-state index in [1.165, 1.54) is 50.8 Å². The fourth-order valence-corrected chi connectivity index (χ4v) is 4.12. The molecule has 0 spiro atoms. The zero-order valence-electron chi connectivity index (χ0n) is 16.1. The largest absolute Gasteiger partial charge is 0.468 e. The number of methoxy groups -OCH3 is 3. The molecular weight excluding hydrogens is 378 g/mol. The molecule has 3 heterocycles. The number of carbonyl (C=O) groups is 3. The lowest BCUT2D eigenvalue weighted by atomic mass is 9.68. The molecule has 1 aromatic rings. The Morgan fingerprint density at radius 1 is 1.17 bits per heavy atom. The first-order valence-electron chi connectivity index (χ1n) is 8.69. The molecule has 3 atom stereocenters. The number of pyridine rings is 1. The van der Waals surface area contributed by atoms with Crippen molar-refractivity contribution in [3.63, 3.8) is 0 Å². The van der Waals surface area contributed by atoms with Crippen LogP contribution in [0.1, 0.15) is 11.5 Å². The SMILES string of the molecule is COC(=O)C1=CN2[C@@H](C#N)[C@H](c3cccnc3)C(C(=O)OC)(C(=O)OC)[C@H]2C=C1. The van der Waals surface area contributed by atoms with E-state index < -0.39 is 41.3 Å². The molecule has 0 radical (unpaired) electrons. The molecule has 150 valence electrons. The van der Waals surface area contributed by atoms with Gasteiger partial charge in [0.2, 0.25) is 0 Å². The molecule has 1 fully saturated rings. The lowest BCUT2D eigenvalue weighted by Crippen LogP contribution is -2.52. The topological polar surface area (TPSA) is 119 Å². The standard InChI is InChI=1S/C20H19N3O6/c1-27-17(24)13-6-7-15-20(18(25)28-2,19(26)29-3)16(12-5-4-8-22-10-12)14(9-21)23(15)11-13/h4-8,10-11,14-16H,1-3H3/t14-,15+,16-/m0/s1. The Balaban J connectivity index is 2.29. The number of nitrogens with zero attached hydrogens (tertiary/aromatic N) is 3. The molecule has 0 unspecified atom stereocenters. The number of esters is 3. The number of carbonyl (C=O) groups excluding carboxylic acids is 3. The van der Waals surface area contributed by atoms with Gasteiger partial charge in [0.15, 0.2) is 5.41 Å². The zero-order valence-corrected chi connectivity index (χ0v) is 16.1. The van der Waals surface area contributed by atoms with Gasteiger partial charge in [-0.3, -0.25) is 14.6 Å². The summed E-state index contributed by atoms with van der Waals surface area (Å²) in [6.45, 7) is 0. The number of aromatic nitrogens is 1. The van der Waals surface area contributed by atoms with Crippen LogP contribution in [0.5, 0.6) is 0 Å². The number of hydrogen-bond donors (Lipinski definition) is 0. The van der Waals surface area contributed by atoms with Crippen LogP contribution < -0.4 is 0 Å². The van der Waals surface area contributed by atoms with E-state index in [0.29, 0.717) is 5.56 Å². The van der Waals surface area contributed by atoms with Crippen molar-refractivity contribution in [1.82, 2.24) is 9.88 Å². The molecule has 29 heavy (non-hydrogen) atoms. The van der Waals surface area contributed by atoms with Crippen molar-refractivity contribution in [2.45, 2.75) is 18.0 Å². The van der Waals surface area contributed by atoms with Crippen LogP contribution in [-0.4, -0.2) is 61.2 Å². The summed E-state index contributed by atoms with van der Waals surface area (Å²) in [5.74, 6) is -3.25. The van der Waals surface area contributed by atoms with E-state index in [2.05, 4.69) is 11.1 Å². The normalized spacial score (nSPS) is 24.0. The quantitative estimate of drug-likeness (QED) is 0.411. The van der Waals surface area contributed by atoms with Crippen LogP contribution in [-0.2, 0) is 28.6 Å². The van der Waals surface area contributed by atoms with Crippen LogP contribution in [0, 0.1) is 16.7 Å². The van der Waals surface area contributed by atoms with Crippen LogP contribution in [0.25, 0.3) is 0 Å². The molecule has 0 N–H and O–H groups in total. The fraction of sp³-hybridized carbons (Fsp3) is 0.350. The highest BCUT2D eigenvalue weighted by Crippen LogP contribution is 2.54. The molecular formula is C20H19N3O6. The van der Waals surface area contributed by atoms with Crippen molar-refractivity contribution < 1.29 is 28.6 Å². The molecule has 0 aromatic carbocycles. The highest BCUT2D eigenvalue weighted by molar-refractivity contribution is 6.04. The van der Waals surface area contributed by atoms with E-state index in [0.717, 1.165) is 0 Å². The summed E-state index contributed by atoms with van der Waals surface area (Å²) in [5, 5.41) is 9.97. The van der Waals surface area contributed by atoms with Crippen molar-refractivity contribution in [3.05, 3.63) is 54.0 Å². The molecule has 1 aromatic heterocycles. The third-order valence-electron chi connectivity index (χ3n) is 5.30. The van der Waals surface area contributed by atoms with Crippen LogP contribution in [0.4, 0.5) is 0 Å². The Morgan fingerprint density at radius 3 is 2.38 bits per heavy atom. The molecule has 0 amide bonds. The van der Waals surface area contributed by atoms with Crippen molar-refractivity contribution >= 4 is 17.9 Å². The van der Waals surface area contributed by atoms with Gasteiger partial charge in [-0.15, -0.1) is 0 Å². The third kappa shape index (κ3) is 2.84. The van der Waals surface area contributed by atoms with E-state index in [1.54, 1.807) is 18.3 Å². The van der Waals surface area contributed by atoms with E-state index >= 15 is 0 Å². The Kier molecular flexibility index (Phi) is 5.37. The summed E-state index contributed by atoms with van der Waals surface area (Å²) >= 11 is 0. The van der Waals surface area contributed by atoms with Crippen molar-refractivity contribution in [1.29, 1.82) is 5.26 Å². The molecule has 0 saturated carbocycles. The first-order valence-corrected chi connectivity index (χ1v) is 8.69. The molecule has 3 rings (SSSR count). The van der Waals surface area contributed by atoms with Crippen LogP contribution in [0.3, 0.4) is 0 Å². The summed E-state index contributed by atoms with van der Waals surface area (Å²) in [4.78, 5) is 43.7. The summed E-state index contributed by atoms with van der Waals surface area (Å²) in [7, 11) is 3.57. The highest BCUT2D eigenvalue weighted by Gasteiger charge is 2.69. The van der Waals surface area contributed by atoms with Gasteiger partial charge in [0.05, 0.1) is 39.0 Å². The first kappa shape index (κ1) is 20.1. The summed E-state index contributed by atoms with van der Waals surface area (Å²) in [6, 6.07) is 3.58. The van der Waals surface area contributed by atoms with Crippen molar-refractivity contribution in [2.24, 2.45) is 5.41 Å². The summed E-state index contributed by atoms with van der Waals surface area (Å²) in [6.07, 6.45) is 7.42. The van der Waals surface area contributed by atoms with Gasteiger partial charge in [-0.05, 0) is 17.7 Å². The second kappa shape index (κ2) is 7.75. The number of hydrogen-bond acceptors (Lipinski definition) is 9. The van der Waals surface area contributed by atoms with Gasteiger partial charge < -0.3 is 19.1 Å². The Labute approximate surface area is 167 Å². The third-order valence-corrected chi connectivity index (χ3v) is 5.30. The average Bonchev–Trinajstić information content (AvgIpc) is 3.08. The molecule has 1 saturated heterocycles. The zero-order chi connectivity index (χ0) is 21.2. The minimum Gasteiger partial charge on any atom is -0.468 e. The number of fused-ring (bicyclic) bond motifs is 1. The van der Waals surface area contributed by atoms with Gasteiger partial charge >= 0.3 is 17.9 Å². The van der Waals surface area contributed by atoms with Crippen LogP contribution in [0.15, 0.2) is 48.5 Å². The van der Waals surface area contributed by atoms with E-state index in [4.69, 9.17) is 14.2 Å². The Morgan fingerprint density at radius 2 is 1.86 bits per heavy atom. The average molecular weight is 397 g/mol. The molecule has 0 bridgehead atoms. The number of rotatable bonds is 4. The highest BCUT2D eigenvalue weighted by atomic mass is 16.5. The first-order chi connectivity index (χ1) is 14.0. The second-order valence-corrected chi connectivity index (χ2v) is 6.52. The maximum atomic E-state index is 13.1. The Hall–Kier alpha value is -3.67. The van der Waals surface area contributed by atoms with Crippen LogP contribution >= 0.6 is 0 Å². The van der Waals surface area contributed by atoms with Gasteiger partial charge in [0, 0.05) is 24.5 Å². The number of nitriles is 1. The van der Waals surface area contributed by atoms with Gasteiger partial charge in [-0.25, -0.2) is 4.79 Å². The summed E-state index contributed by atoms with van der Waals surface area (Å²) < 4.78 is 14.8. The summed E-state index contributed by atoms with van der Waals surface area (Å²) in [5.41, 5.74) is -1.20. The molecule has 9 heteroatoms. The van der Waals surface area contributed by atoms with E-state index in [9.17, 15) is 19.6 Å². The maximum Gasteiger partial charge on any atom is 0.339 e. The molecule has 2 aliphatic rings. The van der Waals surface area contributed by atoms with Crippen molar-refractivity contribution in [3.8, 4) is 6.07 Å². The predicted molar refractivity (Wildman–Crippen MR) is 97.7 cm³/mol. The van der Waals surface area contributed by atoms with E-state index in [-0.39, 0.29) is 5.57 Å². The van der Waals surface area contributed by atoms with Gasteiger partial charge in [0.25, 0.3) is 0 Å². The monoisotopic (exact) mass is 397 g/mol. The van der Waals surface area contributed by atoms with Crippen LogP contribution in [0.2, 0.25) is 0 Å². The van der Waals surface area contributed by atoms with Crippen molar-refractivity contribution in [2.75, 3.05) is 21.3 Å².